The molecule has 1 heterocycles. The summed E-state index contributed by atoms with van der Waals surface area (Å²) in [6.45, 7) is 4.28. The van der Waals surface area contributed by atoms with Crippen LogP contribution >= 0.6 is 11.3 Å². The van der Waals surface area contributed by atoms with Crippen LogP contribution < -0.4 is 14.8 Å². The SMILES string of the molecule is CCCCc1ccc(Cc2cnc(NC(=O)COc3ccc(C=O)cc3OCC)s2)cc1. The number of carbonyl (C=O) groups excluding carboxylic acids is 2. The average Bonchev–Trinajstić information content (AvgIpc) is 3.24. The van der Waals surface area contributed by atoms with E-state index in [2.05, 4.69) is 41.5 Å². The average molecular weight is 453 g/mol. The zero-order chi connectivity index (χ0) is 22.8. The van der Waals surface area contributed by atoms with Gasteiger partial charge in [-0.15, -0.1) is 11.3 Å². The van der Waals surface area contributed by atoms with Crippen LogP contribution in [-0.2, 0) is 17.6 Å². The smallest absolute Gasteiger partial charge is 0.264 e. The Labute approximate surface area is 192 Å². The number of hydrogen-bond donors (Lipinski definition) is 1. The standard InChI is InChI=1S/C25H28N2O4S/c1-3-5-6-18-7-9-19(10-8-18)13-21-15-26-25(32-21)27-24(29)17-31-22-12-11-20(16-28)14-23(22)30-4-2/h7-12,14-16H,3-6,13,17H2,1-2H3,(H,26,27,29). The number of aryl methyl sites for hydroxylation is 1. The van der Waals surface area contributed by atoms with Crippen molar-refractivity contribution in [1.29, 1.82) is 0 Å². The highest BCUT2D eigenvalue weighted by atomic mass is 32.1. The van der Waals surface area contributed by atoms with Crippen molar-refractivity contribution in [1.82, 2.24) is 4.98 Å². The highest BCUT2D eigenvalue weighted by Crippen LogP contribution is 2.28. The highest BCUT2D eigenvalue weighted by molar-refractivity contribution is 7.15. The van der Waals surface area contributed by atoms with Crippen LogP contribution in [0.4, 0.5) is 5.13 Å². The van der Waals surface area contributed by atoms with Gasteiger partial charge in [0.15, 0.2) is 23.2 Å². The molecule has 0 aliphatic heterocycles. The second-order valence-electron chi connectivity index (χ2n) is 7.32. The second kappa shape index (κ2) is 12.0. The lowest BCUT2D eigenvalue weighted by Crippen LogP contribution is -2.20. The Kier molecular flexibility index (Phi) is 8.80. The van der Waals surface area contributed by atoms with Crippen LogP contribution in [0, 0.1) is 0 Å². The molecule has 32 heavy (non-hydrogen) atoms. The van der Waals surface area contributed by atoms with Gasteiger partial charge in [0.05, 0.1) is 6.61 Å². The Bertz CT molecular complexity index is 1030. The van der Waals surface area contributed by atoms with E-state index in [0.717, 1.165) is 24.0 Å². The summed E-state index contributed by atoms with van der Waals surface area (Å²) in [6.07, 6.45) is 6.82. The van der Waals surface area contributed by atoms with Gasteiger partial charge >= 0.3 is 0 Å². The van der Waals surface area contributed by atoms with Gasteiger partial charge in [-0.25, -0.2) is 4.98 Å². The lowest BCUT2D eigenvalue weighted by atomic mass is 10.0. The third-order valence-electron chi connectivity index (χ3n) is 4.78. The molecule has 6 nitrogen and oxygen atoms in total. The number of aromatic nitrogens is 1. The molecule has 1 amide bonds. The molecule has 0 saturated heterocycles. The highest BCUT2D eigenvalue weighted by Gasteiger charge is 2.11. The van der Waals surface area contributed by atoms with Crippen molar-refractivity contribution >= 4 is 28.7 Å². The number of benzene rings is 2. The van der Waals surface area contributed by atoms with Gasteiger partial charge in [0.1, 0.15) is 6.29 Å². The van der Waals surface area contributed by atoms with E-state index in [1.54, 1.807) is 24.4 Å². The third kappa shape index (κ3) is 6.92. The maximum absolute atomic E-state index is 12.3. The summed E-state index contributed by atoms with van der Waals surface area (Å²) < 4.78 is 11.1. The number of aldehydes is 1. The quantitative estimate of drug-likeness (QED) is 0.377. The van der Waals surface area contributed by atoms with Gasteiger partial charge in [-0.1, -0.05) is 37.6 Å². The summed E-state index contributed by atoms with van der Waals surface area (Å²) in [4.78, 5) is 28.6. The van der Waals surface area contributed by atoms with E-state index < -0.39 is 0 Å². The first kappa shape index (κ1) is 23.5. The Balaban J connectivity index is 1.52. The maximum Gasteiger partial charge on any atom is 0.264 e. The van der Waals surface area contributed by atoms with Gasteiger partial charge in [-0.2, -0.15) is 0 Å². The van der Waals surface area contributed by atoms with E-state index in [4.69, 9.17) is 9.47 Å². The van der Waals surface area contributed by atoms with Crippen LogP contribution in [0.2, 0.25) is 0 Å². The van der Waals surface area contributed by atoms with Gasteiger partial charge in [0.2, 0.25) is 0 Å². The molecule has 0 spiro atoms. The van der Waals surface area contributed by atoms with Crippen molar-refractivity contribution in [2.45, 2.75) is 39.5 Å². The Morgan fingerprint density at radius 3 is 2.56 bits per heavy atom. The number of hydrogen-bond acceptors (Lipinski definition) is 6. The normalized spacial score (nSPS) is 10.6. The van der Waals surface area contributed by atoms with Crippen molar-refractivity contribution in [3.8, 4) is 11.5 Å². The predicted octanol–water partition coefficient (Wildman–Crippen LogP) is 5.31. The van der Waals surface area contributed by atoms with Crippen LogP contribution in [0.5, 0.6) is 11.5 Å². The fourth-order valence-electron chi connectivity index (χ4n) is 3.14. The zero-order valence-electron chi connectivity index (χ0n) is 18.4. The fraction of sp³-hybridized carbons (Fsp3) is 0.320. The topological polar surface area (TPSA) is 77.5 Å². The molecule has 0 fully saturated rings. The lowest BCUT2D eigenvalue weighted by Gasteiger charge is -2.11. The van der Waals surface area contributed by atoms with E-state index in [1.165, 1.54) is 35.3 Å². The molecule has 2 aromatic carbocycles. The van der Waals surface area contributed by atoms with Crippen LogP contribution in [0.25, 0.3) is 0 Å². The fourth-order valence-corrected chi connectivity index (χ4v) is 4.00. The minimum absolute atomic E-state index is 0.186. The predicted molar refractivity (Wildman–Crippen MR) is 127 cm³/mol. The summed E-state index contributed by atoms with van der Waals surface area (Å²) in [5.41, 5.74) is 3.06. The van der Waals surface area contributed by atoms with E-state index in [1.807, 2.05) is 6.92 Å². The number of carbonyl (C=O) groups is 2. The third-order valence-corrected chi connectivity index (χ3v) is 5.70. The summed E-state index contributed by atoms with van der Waals surface area (Å²) >= 11 is 1.45. The summed E-state index contributed by atoms with van der Waals surface area (Å²) in [6, 6.07) is 13.5. The van der Waals surface area contributed by atoms with Crippen molar-refractivity contribution in [2.24, 2.45) is 0 Å². The van der Waals surface area contributed by atoms with E-state index in [0.29, 0.717) is 28.8 Å². The number of thiazole rings is 1. The summed E-state index contributed by atoms with van der Waals surface area (Å²) in [5, 5.41) is 3.31. The zero-order valence-corrected chi connectivity index (χ0v) is 19.2. The number of nitrogens with zero attached hydrogens (tertiary/aromatic N) is 1. The first-order chi connectivity index (χ1) is 15.6. The monoisotopic (exact) mass is 452 g/mol. The van der Waals surface area contributed by atoms with Gasteiger partial charge in [-0.3, -0.25) is 14.9 Å². The first-order valence-corrected chi connectivity index (χ1v) is 11.6. The largest absolute Gasteiger partial charge is 0.490 e. The molecule has 0 bridgehead atoms. The van der Waals surface area contributed by atoms with Crippen molar-refractivity contribution in [3.05, 3.63) is 70.2 Å². The molecular formula is C25H28N2O4S. The summed E-state index contributed by atoms with van der Waals surface area (Å²) in [7, 11) is 0. The molecule has 0 unspecified atom stereocenters. The molecule has 7 heteroatoms. The lowest BCUT2D eigenvalue weighted by molar-refractivity contribution is -0.118. The summed E-state index contributed by atoms with van der Waals surface area (Å²) in [5.74, 6) is 0.532. The Morgan fingerprint density at radius 1 is 1.06 bits per heavy atom. The van der Waals surface area contributed by atoms with Crippen LogP contribution in [0.15, 0.2) is 48.7 Å². The molecule has 0 atom stereocenters. The number of unbranched alkanes of at least 4 members (excludes halogenated alkanes) is 1. The van der Waals surface area contributed by atoms with Crippen LogP contribution in [-0.4, -0.2) is 30.4 Å². The molecule has 1 N–H and O–H groups in total. The van der Waals surface area contributed by atoms with E-state index in [-0.39, 0.29) is 12.5 Å². The number of rotatable bonds is 12. The molecule has 3 rings (SSSR count). The molecule has 0 saturated carbocycles. The van der Waals surface area contributed by atoms with Gasteiger partial charge in [0.25, 0.3) is 5.91 Å². The van der Waals surface area contributed by atoms with E-state index in [9.17, 15) is 9.59 Å². The van der Waals surface area contributed by atoms with Gasteiger partial charge in [-0.05, 0) is 49.1 Å². The molecule has 0 radical (unpaired) electrons. The minimum Gasteiger partial charge on any atom is -0.490 e. The minimum atomic E-state index is -0.312. The molecule has 0 aliphatic carbocycles. The maximum atomic E-state index is 12.3. The van der Waals surface area contributed by atoms with Crippen molar-refractivity contribution in [3.63, 3.8) is 0 Å². The Hall–Kier alpha value is -3.19. The number of ether oxygens (including phenoxy) is 2. The van der Waals surface area contributed by atoms with Crippen LogP contribution in [0.3, 0.4) is 0 Å². The van der Waals surface area contributed by atoms with Crippen LogP contribution in [0.1, 0.15) is 53.1 Å². The first-order valence-electron chi connectivity index (χ1n) is 10.8. The van der Waals surface area contributed by atoms with Gasteiger partial charge < -0.3 is 9.47 Å². The van der Waals surface area contributed by atoms with E-state index >= 15 is 0 Å². The Morgan fingerprint density at radius 2 is 1.84 bits per heavy atom. The van der Waals surface area contributed by atoms with Crippen molar-refractivity contribution < 1.29 is 19.1 Å². The molecule has 0 aliphatic rings. The molecule has 168 valence electrons. The molecule has 3 aromatic rings. The van der Waals surface area contributed by atoms with Crippen molar-refractivity contribution in [2.75, 3.05) is 18.5 Å². The van der Waals surface area contributed by atoms with Gasteiger partial charge in [0, 0.05) is 23.1 Å². The molecular weight excluding hydrogens is 424 g/mol. The number of anilines is 1. The number of amides is 1. The second-order valence-corrected chi connectivity index (χ2v) is 8.44. The molecule has 1 aromatic heterocycles. The number of nitrogens with one attached hydrogen (secondary N) is 1.